The number of nitrogens with one attached hydrogen (secondary N) is 3. The Bertz CT molecular complexity index is 1690. The number of hydrogen-bond acceptors (Lipinski definition) is 9. The molecule has 202 valence electrons. The van der Waals surface area contributed by atoms with Gasteiger partial charge in [-0.25, -0.2) is 15.0 Å². The van der Waals surface area contributed by atoms with Gasteiger partial charge in [0, 0.05) is 35.9 Å². The van der Waals surface area contributed by atoms with Crippen molar-refractivity contribution in [2.75, 3.05) is 21.7 Å². The highest BCUT2D eigenvalue weighted by Crippen LogP contribution is 2.31. The Morgan fingerprint density at radius 3 is 2.55 bits per heavy atom. The molecule has 3 heterocycles. The maximum Gasteiger partial charge on any atom is 0.416 e. The fourth-order valence-corrected chi connectivity index (χ4v) is 3.82. The smallest absolute Gasteiger partial charge is 0.382 e. The number of hydrogen-bond donors (Lipinski definition) is 4. The van der Waals surface area contributed by atoms with Crippen LogP contribution in [0, 0.1) is 6.92 Å². The number of nitrogens with zero attached hydrogens (tertiary/aromatic N) is 5. The van der Waals surface area contributed by atoms with Gasteiger partial charge in [0.25, 0.3) is 5.91 Å². The predicted molar refractivity (Wildman–Crippen MR) is 145 cm³/mol. The first kappa shape index (κ1) is 26.3. The number of nitrogens with two attached hydrogens (primary N) is 1. The van der Waals surface area contributed by atoms with E-state index in [0.29, 0.717) is 34.8 Å². The fraction of sp³-hybridized carbons (Fsp3) is 0.111. The van der Waals surface area contributed by atoms with E-state index >= 15 is 0 Å². The van der Waals surface area contributed by atoms with E-state index in [-0.39, 0.29) is 17.3 Å². The zero-order valence-corrected chi connectivity index (χ0v) is 21.0. The van der Waals surface area contributed by atoms with Crippen molar-refractivity contribution in [1.82, 2.24) is 24.9 Å². The number of aryl methyl sites for hydroxylation is 1. The molecule has 0 aliphatic carbocycles. The molecule has 2 aromatic carbocycles. The van der Waals surface area contributed by atoms with Crippen LogP contribution in [0.15, 0.2) is 73.3 Å². The average Bonchev–Trinajstić information content (AvgIpc) is 2.94. The molecule has 5 rings (SSSR count). The number of anilines is 5. The van der Waals surface area contributed by atoms with Gasteiger partial charge in [0.2, 0.25) is 5.95 Å². The molecule has 0 aliphatic heterocycles. The molecule has 5 N–H and O–H groups in total. The number of carbonyl (C=O) groups is 1. The largest absolute Gasteiger partial charge is 0.416 e. The van der Waals surface area contributed by atoms with E-state index < -0.39 is 17.6 Å². The molecule has 0 saturated carbocycles. The summed E-state index contributed by atoms with van der Waals surface area (Å²) in [5, 5.41) is 8.96. The standard InChI is InChI=1S/C27H22F3N9O/c1-15-5-6-19(36-25(40)17-3-2-4-18(11-17)27(28,29)30)12-20(15)37-24-22-21(34-14-35-24)23(31)39-26(38-22)33-13-16-7-9-32-10-8-16/h2-12,14H,13H2,1H3,(H,36,40)(H,34,35,37)(H3,31,33,38,39). The van der Waals surface area contributed by atoms with Gasteiger partial charge in [0.15, 0.2) is 11.6 Å². The van der Waals surface area contributed by atoms with Gasteiger partial charge >= 0.3 is 6.18 Å². The molecule has 0 spiro atoms. The minimum Gasteiger partial charge on any atom is -0.382 e. The number of benzene rings is 2. The first-order chi connectivity index (χ1) is 19.2. The molecule has 13 heteroatoms. The van der Waals surface area contributed by atoms with Crippen LogP contribution >= 0.6 is 0 Å². The molecular formula is C27H22F3N9O. The van der Waals surface area contributed by atoms with Crippen LogP contribution in [0.5, 0.6) is 0 Å². The molecule has 40 heavy (non-hydrogen) atoms. The minimum atomic E-state index is -4.56. The van der Waals surface area contributed by atoms with Crippen molar-refractivity contribution < 1.29 is 18.0 Å². The summed E-state index contributed by atoms with van der Waals surface area (Å²) >= 11 is 0. The van der Waals surface area contributed by atoms with E-state index in [9.17, 15) is 18.0 Å². The Balaban J connectivity index is 1.39. The lowest BCUT2D eigenvalue weighted by molar-refractivity contribution is -0.137. The quantitative estimate of drug-likeness (QED) is 0.213. The maximum atomic E-state index is 13.1. The van der Waals surface area contributed by atoms with Crippen LogP contribution in [0.4, 0.5) is 42.1 Å². The monoisotopic (exact) mass is 545 g/mol. The Morgan fingerprint density at radius 2 is 1.77 bits per heavy atom. The third kappa shape index (κ3) is 5.88. The summed E-state index contributed by atoms with van der Waals surface area (Å²) in [6, 6.07) is 13.0. The SMILES string of the molecule is Cc1ccc(NC(=O)c2cccc(C(F)(F)F)c2)cc1Nc1ncnc2c(N)nc(NCc3ccncc3)nc12. The van der Waals surface area contributed by atoms with Gasteiger partial charge in [0.05, 0.1) is 5.56 Å². The van der Waals surface area contributed by atoms with E-state index in [2.05, 4.69) is 40.9 Å². The second kappa shape index (κ2) is 10.8. The van der Waals surface area contributed by atoms with Crippen molar-refractivity contribution in [2.45, 2.75) is 19.6 Å². The lowest BCUT2D eigenvalue weighted by atomic mass is 10.1. The van der Waals surface area contributed by atoms with Crippen LogP contribution in [-0.4, -0.2) is 30.8 Å². The minimum absolute atomic E-state index is 0.120. The Hall–Kier alpha value is -5.33. The van der Waals surface area contributed by atoms with Crippen LogP contribution < -0.4 is 21.7 Å². The zero-order valence-electron chi connectivity index (χ0n) is 21.0. The Kier molecular flexibility index (Phi) is 7.10. The number of alkyl halides is 3. The summed E-state index contributed by atoms with van der Waals surface area (Å²) in [5.74, 6) is 0.0966. The number of amides is 1. The third-order valence-electron chi connectivity index (χ3n) is 5.91. The summed E-state index contributed by atoms with van der Waals surface area (Å²) in [6.07, 6.45) is 0.129. The van der Waals surface area contributed by atoms with Gasteiger partial charge in [0.1, 0.15) is 17.4 Å². The number of carbonyl (C=O) groups excluding carboxylic acids is 1. The van der Waals surface area contributed by atoms with Crippen molar-refractivity contribution >= 4 is 45.9 Å². The maximum absolute atomic E-state index is 13.1. The van der Waals surface area contributed by atoms with Crippen molar-refractivity contribution in [3.8, 4) is 0 Å². The molecule has 0 radical (unpaired) electrons. The summed E-state index contributed by atoms with van der Waals surface area (Å²) in [5.41, 5.74) is 8.56. The Morgan fingerprint density at radius 1 is 0.975 bits per heavy atom. The third-order valence-corrected chi connectivity index (χ3v) is 5.91. The number of halogens is 3. The topological polar surface area (TPSA) is 144 Å². The van der Waals surface area contributed by atoms with Crippen LogP contribution in [0.3, 0.4) is 0 Å². The van der Waals surface area contributed by atoms with Crippen LogP contribution in [0.25, 0.3) is 11.0 Å². The van der Waals surface area contributed by atoms with E-state index in [1.165, 1.54) is 18.5 Å². The van der Waals surface area contributed by atoms with Gasteiger partial charge in [-0.2, -0.15) is 18.2 Å². The van der Waals surface area contributed by atoms with Gasteiger partial charge in [-0.15, -0.1) is 0 Å². The molecule has 1 amide bonds. The number of rotatable bonds is 7. The average molecular weight is 546 g/mol. The Labute approximate surface area is 225 Å². The lowest BCUT2D eigenvalue weighted by Crippen LogP contribution is -2.14. The van der Waals surface area contributed by atoms with E-state index in [0.717, 1.165) is 23.3 Å². The van der Waals surface area contributed by atoms with E-state index in [1.807, 2.05) is 19.1 Å². The van der Waals surface area contributed by atoms with Gasteiger partial charge in [-0.3, -0.25) is 9.78 Å². The first-order valence-electron chi connectivity index (χ1n) is 11.9. The highest BCUT2D eigenvalue weighted by Gasteiger charge is 2.31. The van der Waals surface area contributed by atoms with Gasteiger partial charge in [-0.05, 0) is 60.5 Å². The molecule has 10 nitrogen and oxygen atoms in total. The van der Waals surface area contributed by atoms with Gasteiger partial charge < -0.3 is 21.7 Å². The zero-order chi connectivity index (χ0) is 28.3. The summed E-state index contributed by atoms with van der Waals surface area (Å²) < 4.78 is 39.2. The predicted octanol–water partition coefficient (Wildman–Crippen LogP) is 5.33. The number of fused-ring (bicyclic) bond motifs is 1. The summed E-state index contributed by atoms with van der Waals surface area (Å²) in [4.78, 5) is 34.0. The van der Waals surface area contributed by atoms with Gasteiger partial charge in [-0.1, -0.05) is 12.1 Å². The molecule has 0 atom stereocenters. The lowest BCUT2D eigenvalue weighted by Gasteiger charge is -2.14. The van der Waals surface area contributed by atoms with E-state index in [1.54, 1.807) is 30.6 Å². The first-order valence-corrected chi connectivity index (χ1v) is 11.9. The van der Waals surface area contributed by atoms with Crippen LogP contribution in [0.2, 0.25) is 0 Å². The molecule has 3 aromatic heterocycles. The summed E-state index contributed by atoms with van der Waals surface area (Å²) in [6.45, 7) is 2.28. The fourth-order valence-electron chi connectivity index (χ4n) is 3.82. The second-order valence-electron chi connectivity index (χ2n) is 8.75. The number of aromatic nitrogens is 5. The normalized spacial score (nSPS) is 11.3. The van der Waals surface area contributed by atoms with E-state index in [4.69, 9.17) is 5.73 Å². The molecule has 0 bridgehead atoms. The highest BCUT2D eigenvalue weighted by atomic mass is 19.4. The van der Waals surface area contributed by atoms with Crippen molar-refractivity contribution in [3.05, 3.63) is 95.6 Å². The van der Waals surface area contributed by atoms with Crippen molar-refractivity contribution in [1.29, 1.82) is 0 Å². The molecule has 0 aliphatic rings. The molecule has 5 aromatic rings. The van der Waals surface area contributed by atoms with Crippen molar-refractivity contribution in [2.24, 2.45) is 0 Å². The highest BCUT2D eigenvalue weighted by molar-refractivity contribution is 6.04. The van der Waals surface area contributed by atoms with Crippen LogP contribution in [0.1, 0.15) is 27.0 Å². The molecule has 0 saturated heterocycles. The van der Waals surface area contributed by atoms with Crippen LogP contribution in [-0.2, 0) is 12.7 Å². The molecule has 0 fully saturated rings. The van der Waals surface area contributed by atoms with Crippen molar-refractivity contribution in [3.63, 3.8) is 0 Å². The summed E-state index contributed by atoms with van der Waals surface area (Å²) in [7, 11) is 0. The number of pyridine rings is 1. The second-order valence-corrected chi connectivity index (χ2v) is 8.75. The molecule has 0 unspecified atom stereocenters. The number of nitrogen functional groups attached to an aromatic ring is 1. The molecular weight excluding hydrogens is 523 g/mol.